The highest BCUT2D eigenvalue weighted by molar-refractivity contribution is 5.80. The topological polar surface area (TPSA) is 88.8 Å². The molecule has 0 aromatic carbocycles. The van der Waals surface area contributed by atoms with Crippen LogP contribution in [0.25, 0.3) is 0 Å². The zero-order valence-electron chi connectivity index (χ0n) is 16.7. The smallest absolute Gasteiger partial charge is 0.410 e. The molecule has 2 aliphatic rings. The molecule has 2 saturated heterocycles. The van der Waals surface area contributed by atoms with Crippen molar-refractivity contribution >= 4 is 12.0 Å². The Morgan fingerprint density at radius 2 is 1.81 bits per heavy atom. The van der Waals surface area contributed by atoms with Crippen LogP contribution < -0.4 is 0 Å². The van der Waals surface area contributed by atoms with Crippen LogP contribution in [0.3, 0.4) is 0 Å². The summed E-state index contributed by atoms with van der Waals surface area (Å²) in [6, 6.07) is 0. The molecule has 3 rings (SSSR count). The molecule has 1 aromatic rings. The van der Waals surface area contributed by atoms with Gasteiger partial charge in [-0.1, -0.05) is 5.16 Å². The number of aryl methyl sites for hydroxylation is 1. The molecule has 1 atom stereocenters. The molecule has 1 aromatic heterocycles. The fraction of sp³-hybridized carbons (Fsp3) is 0.789. The van der Waals surface area contributed by atoms with Gasteiger partial charge in [-0.2, -0.15) is 4.98 Å². The van der Waals surface area contributed by atoms with Crippen LogP contribution in [-0.4, -0.2) is 63.7 Å². The van der Waals surface area contributed by atoms with E-state index >= 15 is 0 Å². The van der Waals surface area contributed by atoms with Gasteiger partial charge in [0.15, 0.2) is 5.82 Å². The molecule has 0 radical (unpaired) electrons. The van der Waals surface area contributed by atoms with Gasteiger partial charge in [0, 0.05) is 32.1 Å². The number of amides is 2. The number of rotatable bonds is 2. The second kappa shape index (κ2) is 7.86. The molecule has 0 saturated carbocycles. The van der Waals surface area contributed by atoms with Crippen molar-refractivity contribution in [2.45, 2.75) is 64.9 Å². The lowest BCUT2D eigenvalue weighted by atomic mass is 9.93. The van der Waals surface area contributed by atoms with Crippen molar-refractivity contribution in [1.82, 2.24) is 19.9 Å². The summed E-state index contributed by atoms with van der Waals surface area (Å²) in [5.74, 6) is 1.54. The van der Waals surface area contributed by atoms with Crippen LogP contribution in [-0.2, 0) is 9.53 Å². The Labute approximate surface area is 160 Å². The number of carbonyl (C=O) groups excluding carboxylic acids is 2. The Balaban J connectivity index is 1.52. The molecule has 8 nitrogen and oxygen atoms in total. The fourth-order valence-electron chi connectivity index (χ4n) is 3.75. The van der Waals surface area contributed by atoms with Crippen LogP contribution in [0.15, 0.2) is 4.52 Å². The maximum atomic E-state index is 12.9. The van der Waals surface area contributed by atoms with Crippen molar-refractivity contribution in [3.05, 3.63) is 11.7 Å². The lowest BCUT2D eigenvalue weighted by Gasteiger charge is -2.37. The molecule has 2 aliphatic heterocycles. The minimum Gasteiger partial charge on any atom is -0.444 e. The molecule has 1 unspecified atom stereocenters. The molecule has 3 heterocycles. The van der Waals surface area contributed by atoms with Gasteiger partial charge in [0.05, 0.1) is 5.92 Å². The average Bonchev–Trinajstić information content (AvgIpc) is 3.06. The average molecular weight is 378 g/mol. The van der Waals surface area contributed by atoms with Crippen molar-refractivity contribution in [3.8, 4) is 0 Å². The lowest BCUT2D eigenvalue weighted by Crippen LogP contribution is -2.49. The molecular formula is C19H30N4O4. The van der Waals surface area contributed by atoms with Crippen molar-refractivity contribution in [1.29, 1.82) is 0 Å². The first kappa shape index (κ1) is 19.6. The number of nitrogens with zero attached hydrogens (tertiary/aromatic N) is 4. The number of likely N-dealkylation sites (tertiary alicyclic amines) is 2. The van der Waals surface area contributed by atoms with Gasteiger partial charge in [0.1, 0.15) is 5.60 Å². The van der Waals surface area contributed by atoms with E-state index in [0.29, 0.717) is 37.9 Å². The van der Waals surface area contributed by atoms with Gasteiger partial charge >= 0.3 is 6.09 Å². The molecular weight excluding hydrogens is 348 g/mol. The summed E-state index contributed by atoms with van der Waals surface area (Å²) in [5.41, 5.74) is -0.525. The maximum Gasteiger partial charge on any atom is 0.410 e. The molecule has 150 valence electrons. The summed E-state index contributed by atoms with van der Waals surface area (Å²) in [7, 11) is 0. The first-order chi connectivity index (χ1) is 12.7. The third-order valence-corrected chi connectivity index (χ3v) is 5.12. The highest BCUT2D eigenvalue weighted by atomic mass is 16.6. The number of carbonyl (C=O) groups is 2. The molecule has 27 heavy (non-hydrogen) atoms. The van der Waals surface area contributed by atoms with E-state index < -0.39 is 5.60 Å². The predicted molar refractivity (Wildman–Crippen MR) is 98.1 cm³/mol. The SMILES string of the molecule is Cc1noc(C2CCN(C(=O)C3CCCN(C(=O)OC(C)(C)C)C3)CC2)n1. The summed E-state index contributed by atoms with van der Waals surface area (Å²) in [4.78, 5) is 33.2. The summed E-state index contributed by atoms with van der Waals surface area (Å²) < 4.78 is 10.7. The van der Waals surface area contributed by atoms with Gasteiger partial charge in [-0.15, -0.1) is 0 Å². The highest BCUT2D eigenvalue weighted by Crippen LogP contribution is 2.29. The van der Waals surface area contributed by atoms with Crippen LogP contribution >= 0.6 is 0 Å². The van der Waals surface area contributed by atoms with Crippen LogP contribution in [0.1, 0.15) is 64.1 Å². The first-order valence-electron chi connectivity index (χ1n) is 9.80. The van der Waals surface area contributed by atoms with E-state index in [2.05, 4.69) is 10.1 Å². The normalized spacial score (nSPS) is 22.0. The van der Waals surface area contributed by atoms with E-state index in [4.69, 9.17) is 9.26 Å². The van der Waals surface area contributed by atoms with E-state index in [0.717, 1.165) is 25.7 Å². The summed E-state index contributed by atoms with van der Waals surface area (Å²) in [6.45, 7) is 9.84. The molecule has 0 N–H and O–H groups in total. The van der Waals surface area contributed by atoms with Gasteiger partial charge in [-0.05, 0) is 53.4 Å². The van der Waals surface area contributed by atoms with Crippen molar-refractivity contribution in [2.75, 3.05) is 26.2 Å². The minimum absolute atomic E-state index is 0.142. The first-order valence-corrected chi connectivity index (χ1v) is 9.80. The second-order valence-electron chi connectivity index (χ2n) is 8.54. The van der Waals surface area contributed by atoms with Gasteiger partial charge < -0.3 is 19.1 Å². The Morgan fingerprint density at radius 3 is 2.41 bits per heavy atom. The number of hydrogen-bond donors (Lipinski definition) is 0. The van der Waals surface area contributed by atoms with Crippen molar-refractivity contribution in [2.24, 2.45) is 5.92 Å². The van der Waals surface area contributed by atoms with Crippen molar-refractivity contribution in [3.63, 3.8) is 0 Å². The quantitative estimate of drug-likeness (QED) is 0.786. The third kappa shape index (κ3) is 4.99. The summed E-state index contributed by atoms with van der Waals surface area (Å²) in [6.07, 6.45) is 2.98. The Kier molecular flexibility index (Phi) is 5.72. The lowest BCUT2D eigenvalue weighted by molar-refractivity contribution is -0.138. The fourth-order valence-corrected chi connectivity index (χ4v) is 3.75. The summed E-state index contributed by atoms with van der Waals surface area (Å²) >= 11 is 0. The molecule has 0 aliphatic carbocycles. The highest BCUT2D eigenvalue weighted by Gasteiger charge is 2.35. The van der Waals surface area contributed by atoms with E-state index in [1.54, 1.807) is 4.90 Å². The van der Waals surface area contributed by atoms with E-state index in [-0.39, 0.29) is 23.8 Å². The molecule has 2 fully saturated rings. The van der Waals surface area contributed by atoms with Gasteiger partial charge in [0.2, 0.25) is 11.8 Å². The maximum absolute atomic E-state index is 12.9. The third-order valence-electron chi connectivity index (χ3n) is 5.12. The number of piperidine rings is 2. The molecule has 0 bridgehead atoms. The van der Waals surface area contributed by atoms with Crippen LogP contribution in [0.2, 0.25) is 0 Å². The standard InChI is InChI=1S/C19H30N4O4/c1-13-20-16(27-21-13)14-7-10-22(11-8-14)17(24)15-6-5-9-23(12-15)18(25)26-19(2,3)4/h14-15H,5-12H2,1-4H3. The predicted octanol–water partition coefficient (Wildman–Crippen LogP) is 2.73. The molecule has 0 spiro atoms. The van der Waals surface area contributed by atoms with Crippen molar-refractivity contribution < 1.29 is 18.8 Å². The van der Waals surface area contributed by atoms with E-state index in [9.17, 15) is 9.59 Å². The Hall–Kier alpha value is -2.12. The Bertz CT molecular complexity index is 673. The number of hydrogen-bond acceptors (Lipinski definition) is 6. The molecule has 2 amide bonds. The Morgan fingerprint density at radius 1 is 1.11 bits per heavy atom. The van der Waals surface area contributed by atoms with Gasteiger partial charge in [-0.3, -0.25) is 4.79 Å². The second-order valence-corrected chi connectivity index (χ2v) is 8.54. The van der Waals surface area contributed by atoms with E-state index in [1.165, 1.54) is 0 Å². The van der Waals surface area contributed by atoms with Crippen LogP contribution in [0.5, 0.6) is 0 Å². The zero-order chi connectivity index (χ0) is 19.6. The van der Waals surface area contributed by atoms with E-state index in [1.807, 2.05) is 32.6 Å². The van der Waals surface area contributed by atoms with Gasteiger partial charge in [0.25, 0.3) is 0 Å². The van der Waals surface area contributed by atoms with Crippen LogP contribution in [0.4, 0.5) is 4.79 Å². The largest absolute Gasteiger partial charge is 0.444 e. The van der Waals surface area contributed by atoms with Gasteiger partial charge in [-0.25, -0.2) is 4.79 Å². The summed E-state index contributed by atoms with van der Waals surface area (Å²) in [5, 5.41) is 3.85. The zero-order valence-corrected chi connectivity index (χ0v) is 16.7. The monoisotopic (exact) mass is 378 g/mol. The van der Waals surface area contributed by atoms with Crippen LogP contribution in [0, 0.1) is 12.8 Å². The minimum atomic E-state index is -0.525. The number of aromatic nitrogens is 2. The molecule has 8 heteroatoms. The number of ether oxygens (including phenoxy) is 1.